The van der Waals surface area contributed by atoms with Gasteiger partial charge in [-0.3, -0.25) is 0 Å². The highest BCUT2D eigenvalue weighted by Crippen LogP contribution is 2.44. The highest BCUT2D eigenvalue weighted by Gasteiger charge is 2.55. The van der Waals surface area contributed by atoms with Crippen LogP contribution < -0.4 is 0 Å². The van der Waals surface area contributed by atoms with Crippen molar-refractivity contribution in [2.75, 3.05) is 13.2 Å². The van der Waals surface area contributed by atoms with Crippen LogP contribution in [0.5, 0.6) is 0 Å². The summed E-state index contributed by atoms with van der Waals surface area (Å²) < 4.78 is 17.3. The van der Waals surface area contributed by atoms with Gasteiger partial charge in [0.05, 0.1) is 19.3 Å². The molecule has 15 heavy (non-hydrogen) atoms. The molecule has 88 valence electrons. The minimum Gasteiger partial charge on any atom is -0.372 e. The van der Waals surface area contributed by atoms with Crippen LogP contribution in [-0.4, -0.2) is 30.7 Å². The van der Waals surface area contributed by atoms with Gasteiger partial charge < -0.3 is 14.2 Å². The Kier molecular flexibility index (Phi) is 2.82. The summed E-state index contributed by atoms with van der Waals surface area (Å²) >= 11 is 0. The molecule has 4 unspecified atom stereocenters. The molecule has 0 amide bonds. The van der Waals surface area contributed by atoms with E-state index in [-0.39, 0.29) is 17.5 Å². The molecule has 2 rings (SSSR count). The Labute approximate surface area is 92.1 Å². The van der Waals surface area contributed by atoms with E-state index in [2.05, 4.69) is 27.7 Å². The van der Waals surface area contributed by atoms with Gasteiger partial charge >= 0.3 is 0 Å². The minimum atomic E-state index is -0.372. The number of hydrogen-bond donors (Lipinski definition) is 0. The molecule has 0 radical (unpaired) electrons. The van der Waals surface area contributed by atoms with Crippen molar-refractivity contribution in [2.45, 2.75) is 58.0 Å². The van der Waals surface area contributed by atoms with Gasteiger partial charge in [0, 0.05) is 5.92 Å². The van der Waals surface area contributed by atoms with Gasteiger partial charge in [-0.1, -0.05) is 13.8 Å². The average Bonchev–Trinajstić information content (AvgIpc) is 2.22. The minimum absolute atomic E-state index is 0.109. The topological polar surface area (TPSA) is 27.7 Å². The molecule has 4 atom stereocenters. The molecule has 0 aromatic heterocycles. The molecule has 0 aromatic carbocycles. The van der Waals surface area contributed by atoms with Crippen LogP contribution >= 0.6 is 0 Å². The molecule has 2 aliphatic heterocycles. The molecule has 2 fully saturated rings. The molecule has 2 saturated heterocycles. The lowest BCUT2D eigenvalue weighted by atomic mass is 9.86. The fourth-order valence-electron chi connectivity index (χ4n) is 2.45. The predicted molar refractivity (Wildman–Crippen MR) is 57.7 cm³/mol. The maximum absolute atomic E-state index is 6.22. The maximum Gasteiger partial charge on any atom is 0.171 e. The molecule has 2 aliphatic rings. The normalized spacial score (nSPS) is 49.6. The fourth-order valence-corrected chi connectivity index (χ4v) is 2.45. The first-order valence-corrected chi connectivity index (χ1v) is 6.02. The Morgan fingerprint density at radius 1 is 1.40 bits per heavy atom. The Bertz CT molecular complexity index is 237. The standard InChI is InChI=1S/C12H22O3/c1-5-10-7-14-11(10,4)15-12(6-2)8-13-9(12)3/h9-10H,5-8H2,1-4H3. The van der Waals surface area contributed by atoms with Crippen molar-refractivity contribution in [3.05, 3.63) is 0 Å². The van der Waals surface area contributed by atoms with Crippen molar-refractivity contribution >= 4 is 0 Å². The summed E-state index contributed by atoms with van der Waals surface area (Å²) in [7, 11) is 0. The van der Waals surface area contributed by atoms with E-state index in [1.54, 1.807) is 0 Å². The van der Waals surface area contributed by atoms with E-state index in [0.29, 0.717) is 12.5 Å². The van der Waals surface area contributed by atoms with Crippen LogP contribution in [0.4, 0.5) is 0 Å². The van der Waals surface area contributed by atoms with Gasteiger partial charge in [0.15, 0.2) is 5.79 Å². The summed E-state index contributed by atoms with van der Waals surface area (Å²) in [5.41, 5.74) is -0.109. The van der Waals surface area contributed by atoms with Crippen LogP contribution in [0.3, 0.4) is 0 Å². The summed E-state index contributed by atoms with van der Waals surface area (Å²) in [4.78, 5) is 0. The smallest absolute Gasteiger partial charge is 0.171 e. The van der Waals surface area contributed by atoms with E-state index in [1.807, 2.05) is 0 Å². The maximum atomic E-state index is 6.22. The second-order valence-corrected chi connectivity index (χ2v) is 4.91. The molecule has 0 saturated carbocycles. The summed E-state index contributed by atoms with van der Waals surface area (Å²) in [6.07, 6.45) is 2.30. The molecule has 3 heteroatoms. The van der Waals surface area contributed by atoms with E-state index < -0.39 is 0 Å². The lowest BCUT2D eigenvalue weighted by Gasteiger charge is -2.56. The molecular formula is C12H22O3. The van der Waals surface area contributed by atoms with Crippen molar-refractivity contribution in [3.8, 4) is 0 Å². The summed E-state index contributed by atoms with van der Waals surface area (Å²) in [5.74, 6) is 0.164. The zero-order valence-electron chi connectivity index (χ0n) is 10.2. The summed E-state index contributed by atoms with van der Waals surface area (Å²) in [5, 5.41) is 0. The third-order valence-corrected chi connectivity index (χ3v) is 4.13. The third-order valence-electron chi connectivity index (χ3n) is 4.13. The highest BCUT2D eigenvalue weighted by molar-refractivity contribution is 4.97. The largest absolute Gasteiger partial charge is 0.372 e. The Balaban J connectivity index is 2.01. The highest BCUT2D eigenvalue weighted by atomic mass is 16.7. The zero-order chi connectivity index (χ0) is 11.1. The molecule has 0 aromatic rings. The van der Waals surface area contributed by atoms with Gasteiger partial charge in [0.25, 0.3) is 0 Å². The predicted octanol–water partition coefficient (Wildman–Crippen LogP) is 2.34. The van der Waals surface area contributed by atoms with Gasteiger partial charge in [-0.15, -0.1) is 0 Å². The molecule has 0 aliphatic carbocycles. The van der Waals surface area contributed by atoms with Crippen LogP contribution in [0.2, 0.25) is 0 Å². The van der Waals surface area contributed by atoms with Gasteiger partial charge in [-0.2, -0.15) is 0 Å². The number of ether oxygens (including phenoxy) is 3. The van der Waals surface area contributed by atoms with E-state index >= 15 is 0 Å². The monoisotopic (exact) mass is 214 g/mol. The van der Waals surface area contributed by atoms with Crippen molar-refractivity contribution < 1.29 is 14.2 Å². The second-order valence-electron chi connectivity index (χ2n) is 4.91. The van der Waals surface area contributed by atoms with Crippen molar-refractivity contribution in [3.63, 3.8) is 0 Å². The quantitative estimate of drug-likeness (QED) is 0.719. The number of rotatable bonds is 4. The van der Waals surface area contributed by atoms with Crippen molar-refractivity contribution in [1.82, 2.24) is 0 Å². The first-order chi connectivity index (χ1) is 7.06. The first-order valence-electron chi connectivity index (χ1n) is 6.02. The summed E-state index contributed by atoms with van der Waals surface area (Å²) in [6, 6.07) is 0. The Hall–Kier alpha value is -0.120. The lowest BCUT2D eigenvalue weighted by molar-refractivity contribution is -0.413. The SMILES string of the molecule is CCC1COC1(C)OC1(CC)COC1C. The van der Waals surface area contributed by atoms with E-state index in [0.717, 1.165) is 19.4 Å². The van der Waals surface area contributed by atoms with E-state index in [1.165, 1.54) is 0 Å². The second kappa shape index (κ2) is 3.72. The Morgan fingerprint density at radius 2 is 2.13 bits per heavy atom. The molecule has 0 N–H and O–H groups in total. The van der Waals surface area contributed by atoms with E-state index in [9.17, 15) is 0 Å². The number of hydrogen-bond acceptors (Lipinski definition) is 3. The average molecular weight is 214 g/mol. The van der Waals surface area contributed by atoms with Gasteiger partial charge in [0.1, 0.15) is 5.60 Å². The van der Waals surface area contributed by atoms with E-state index in [4.69, 9.17) is 14.2 Å². The first kappa shape index (κ1) is 11.4. The lowest BCUT2D eigenvalue weighted by Crippen LogP contribution is -2.66. The van der Waals surface area contributed by atoms with Crippen molar-refractivity contribution in [1.29, 1.82) is 0 Å². The van der Waals surface area contributed by atoms with Crippen LogP contribution in [-0.2, 0) is 14.2 Å². The molecule has 0 bridgehead atoms. The van der Waals surface area contributed by atoms with Crippen LogP contribution in [0, 0.1) is 5.92 Å². The molecule has 0 spiro atoms. The molecule has 2 heterocycles. The third kappa shape index (κ3) is 1.61. The van der Waals surface area contributed by atoms with Crippen LogP contribution in [0.1, 0.15) is 40.5 Å². The Morgan fingerprint density at radius 3 is 2.40 bits per heavy atom. The summed E-state index contributed by atoms with van der Waals surface area (Å²) in [6.45, 7) is 10.0. The van der Waals surface area contributed by atoms with Crippen LogP contribution in [0.15, 0.2) is 0 Å². The van der Waals surface area contributed by atoms with Crippen LogP contribution in [0.25, 0.3) is 0 Å². The molecular weight excluding hydrogens is 192 g/mol. The van der Waals surface area contributed by atoms with Gasteiger partial charge in [0.2, 0.25) is 0 Å². The van der Waals surface area contributed by atoms with Crippen molar-refractivity contribution in [2.24, 2.45) is 5.92 Å². The molecule has 3 nitrogen and oxygen atoms in total. The van der Waals surface area contributed by atoms with Gasteiger partial charge in [-0.05, 0) is 26.7 Å². The fraction of sp³-hybridized carbons (Fsp3) is 1.00. The van der Waals surface area contributed by atoms with Gasteiger partial charge in [-0.25, -0.2) is 0 Å². The zero-order valence-corrected chi connectivity index (χ0v) is 10.2.